The van der Waals surface area contributed by atoms with Crippen LogP contribution < -0.4 is 4.43 Å². The molecule has 5 heteroatoms. The number of nitro groups is 1. The van der Waals surface area contributed by atoms with Crippen molar-refractivity contribution >= 4 is 14.0 Å². The van der Waals surface area contributed by atoms with Gasteiger partial charge < -0.3 is 4.43 Å². The van der Waals surface area contributed by atoms with E-state index in [0.717, 1.165) is 0 Å². The molecular weight excluding hydrogens is 246 g/mol. The van der Waals surface area contributed by atoms with Gasteiger partial charge in [-0.1, -0.05) is 20.8 Å². The van der Waals surface area contributed by atoms with E-state index in [-0.39, 0.29) is 15.6 Å². The minimum Gasteiger partial charge on any atom is -0.543 e. The normalized spacial score (nSPS) is 12.3. The molecular formula is C13H21NO3Si. The fraction of sp³-hybridized carbons (Fsp3) is 0.538. The Hall–Kier alpha value is -1.36. The predicted octanol–water partition coefficient (Wildman–Crippen LogP) is 4.29. The molecule has 1 aromatic carbocycles. The average Bonchev–Trinajstić information content (AvgIpc) is 2.18. The summed E-state index contributed by atoms with van der Waals surface area (Å²) in [5.74, 6) is 0.596. The molecule has 4 nitrogen and oxygen atoms in total. The van der Waals surface area contributed by atoms with Crippen molar-refractivity contribution < 1.29 is 9.35 Å². The highest BCUT2D eigenvalue weighted by Crippen LogP contribution is 2.38. The number of benzene rings is 1. The second-order valence-corrected chi connectivity index (χ2v) is 10.8. The average molecular weight is 267 g/mol. The highest BCUT2D eigenvalue weighted by atomic mass is 28.4. The number of rotatable bonds is 3. The molecule has 0 saturated heterocycles. The fourth-order valence-electron chi connectivity index (χ4n) is 1.30. The Balaban J connectivity index is 3.07. The Labute approximate surface area is 109 Å². The number of hydrogen-bond acceptors (Lipinski definition) is 3. The largest absolute Gasteiger partial charge is 0.543 e. The summed E-state index contributed by atoms with van der Waals surface area (Å²) in [6.45, 7) is 12.4. The molecule has 100 valence electrons. The molecule has 0 aliphatic carbocycles. The van der Waals surface area contributed by atoms with Gasteiger partial charge in [0.05, 0.1) is 11.0 Å². The van der Waals surface area contributed by atoms with Gasteiger partial charge in [-0.15, -0.1) is 0 Å². The van der Waals surface area contributed by atoms with Crippen LogP contribution >= 0.6 is 0 Å². The minimum absolute atomic E-state index is 0.0761. The molecule has 0 aromatic heterocycles. The topological polar surface area (TPSA) is 52.4 Å². The van der Waals surface area contributed by atoms with Gasteiger partial charge in [-0.2, -0.15) is 0 Å². The molecule has 0 spiro atoms. The van der Waals surface area contributed by atoms with Gasteiger partial charge in [0.25, 0.3) is 5.69 Å². The SMILES string of the molecule is Cc1ccc(O[Si](C)(C)C(C)(C)C)cc1[N+](=O)[O-]. The monoisotopic (exact) mass is 267 g/mol. The van der Waals surface area contributed by atoms with Crippen LogP contribution in [0.25, 0.3) is 0 Å². The molecule has 0 amide bonds. The predicted molar refractivity (Wildman–Crippen MR) is 75.7 cm³/mol. The maximum Gasteiger partial charge on any atom is 0.275 e. The van der Waals surface area contributed by atoms with E-state index in [0.29, 0.717) is 11.3 Å². The fourth-order valence-corrected chi connectivity index (χ4v) is 2.32. The third-order valence-corrected chi connectivity index (χ3v) is 7.91. The van der Waals surface area contributed by atoms with Crippen LogP contribution in [0.2, 0.25) is 18.1 Å². The van der Waals surface area contributed by atoms with Crippen LogP contribution in [-0.2, 0) is 0 Å². The van der Waals surface area contributed by atoms with Crippen molar-refractivity contribution in [3.8, 4) is 5.75 Å². The lowest BCUT2D eigenvalue weighted by Crippen LogP contribution is -2.43. The number of aryl methyl sites for hydroxylation is 1. The van der Waals surface area contributed by atoms with Crippen LogP contribution in [-0.4, -0.2) is 13.2 Å². The van der Waals surface area contributed by atoms with Gasteiger partial charge >= 0.3 is 0 Å². The molecule has 0 aliphatic heterocycles. The van der Waals surface area contributed by atoms with E-state index < -0.39 is 8.32 Å². The summed E-state index contributed by atoms with van der Waals surface area (Å²) >= 11 is 0. The van der Waals surface area contributed by atoms with E-state index in [9.17, 15) is 10.1 Å². The second-order valence-electron chi connectivity index (χ2n) is 6.07. The third kappa shape index (κ3) is 3.10. The Morgan fingerprint density at radius 1 is 1.28 bits per heavy atom. The first kappa shape index (κ1) is 14.7. The van der Waals surface area contributed by atoms with Crippen molar-refractivity contribution in [2.24, 2.45) is 0 Å². The summed E-state index contributed by atoms with van der Waals surface area (Å²) in [5.41, 5.74) is 0.772. The number of hydrogen-bond donors (Lipinski definition) is 0. The van der Waals surface area contributed by atoms with Gasteiger partial charge in [0.2, 0.25) is 8.32 Å². The molecule has 0 N–H and O–H groups in total. The van der Waals surface area contributed by atoms with Crippen molar-refractivity contribution in [1.82, 2.24) is 0 Å². The summed E-state index contributed by atoms with van der Waals surface area (Å²) in [6, 6.07) is 5.07. The highest BCUT2D eigenvalue weighted by molar-refractivity contribution is 6.74. The quantitative estimate of drug-likeness (QED) is 0.466. The molecule has 0 fully saturated rings. The Bertz CT molecular complexity index is 464. The first-order valence-electron chi connectivity index (χ1n) is 5.99. The van der Waals surface area contributed by atoms with Gasteiger partial charge in [0.1, 0.15) is 5.75 Å². The summed E-state index contributed by atoms with van der Waals surface area (Å²) in [4.78, 5) is 10.5. The van der Waals surface area contributed by atoms with E-state index in [1.807, 2.05) is 6.07 Å². The molecule has 1 rings (SSSR count). The highest BCUT2D eigenvalue weighted by Gasteiger charge is 2.39. The lowest BCUT2D eigenvalue weighted by Gasteiger charge is -2.36. The zero-order valence-electron chi connectivity index (χ0n) is 11.9. The molecule has 0 heterocycles. The van der Waals surface area contributed by atoms with Crippen LogP contribution in [0.4, 0.5) is 5.69 Å². The molecule has 0 radical (unpaired) electrons. The van der Waals surface area contributed by atoms with Gasteiger partial charge in [-0.3, -0.25) is 10.1 Å². The van der Waals surface area contributed by atoms with E-state index in [4.69, 9.17) is 4.43 Å². The van der Waals surface area contributed by atoms with E-state index in [1.165, 1.54) is 6.07 Å². The summed E-state index contributed by atoms with van der Waals surface area (Å²) in [5, 5.41) is 11.0. The van der Waals surface area contributed by atoms with Crippen molar-refractivity contribution in [2.75, 3.05) is 0 Å². The van der Waals surface area contributed by atoms with Gasteiger partial charge in [0, 0.05) is 5.56 Å². The molecule has 1 aromatic rings. The second kappa shape index (κ2) is 4.72. The van der Waals surface area contributed by atoms with E-state index in [1.54, 1.807) is 13.0 Å². The first-order chi connectivity index (χ1) is 8.04. The molecule has 0 bridgehead atoms. The Morgan fingerprint density at radius 2 is 1.83 bits per heavy atom. The lowest BCUT2D eigenvalue weighted by atomic mass is 10.2. The van der Waals surface area contributed by atoms with Crippen LogP contribution in [0.5, 0.6) is 5.75 Å². The molecule has 0 saturated carbocycles. The summed E-state index contributed by atoms with van der Waals surface area (Å²) < 4.78 is 6.05. The number of nitrogens with zero attached hydrogens (tertiary/aromatic N) is 1. The van der Waals surface area contributed by atoms with Crippen molar-refractivity contribution in [3.05, 3.63) is 33.9 Å². The molecule has 0 aliphatic rings. The summed E-state index contributed by atoms with van der Waals surface area (Å²) in [7, 11) is -1.94. The van der Waals surface area contributed by atoms with Crippen molar-refractivity contribution in [1.29, 1.82) is 0 Å². The summed E-state index contributed by atoms with van der Waals surface area (Å²) in [6.07, 6.45) is 0. The number of nitro benzene ring substituents is 1. The Kier molecular flexibility index (Phi) is 3.86. The van der Waals surface area contributed by atoms with Crippen LogP contribution in [0.3, 0.4) is 0 Å². The van der Waals surface area contributed by atoms with Crippen LogP contribution in [0.15, 0.2) is 18.2 Å². The van der Waals surface area contributed by atoms with Crippen molar-refractivity contribution in [3.63, 3.8) is 0 Å². The zero-order chi connectivity index (χ0) is 14.1. The molecule has 0 unspecified atom stereocenters. The lowest BCUT2D eigenvalue weighted by molar-refractivity contribution is -0.385. The smallest absolute Gasteiger partial charge is 0.275 e. The van der Waals surface area contributed by atoms with Gasteiger partial charge in [-0.25, -0.2) is 0 Å². The Morgan fingerprint density at radius 3 is 2.28 bits per heavy atom. The van der Waals surface area contributed by atoms with Crippen LogP contribution in [0, 0.1) is 17.0 Å². The standard InChI is InChI=1S/C13H21NO3Si/c1-10-7-8-11(9-12(10)14(15)16)17-18(5,6)13(2,3)4/h7-9H,1-6H3. The molecule has 0 atom stereocenters. The maximum atomic E-state index is 10.9. The van der Waals surface area contributed by atoms with Gasteiger partial charge in [-0.05, 0) is 37.2 Å². The zero-order valence-corrected chi connectivity index (χ0v) is 12.9. The van der Waals surface area contributed by atoms with E-state index in [2.05, 4.69) is 33.9 Å². The first-order valence-corrected chi connectivity index (χ1v) is 8.89. The minimum atomic E-state index is -1.94. The van der Waals surface area contributed by atoms with Crippen LogP contribution in [0.1, 0.15) is 26.3 Å². The van der Waals surface area contributed by atoms with Gasteiger partial charge in [0.15, 0.2) is 0 Å². The van der Waals surface area contributed by atoms with E-state index >= 15 is 0 Å². The van der Waals surface area contributed by atoms with Crippen molar-refractivity contribution in [2.45, 2.75) is 45.8 Å². The maximum absolute atomic E-state index is 10.9. The molecule has 18 heavy (non-hydrogen) atoms. The third-order valence-electron chi connectivity index (χ3n) is 3.56.